The number of hydrogen-bond donors (Lipinski definition) is 1. The predicted molar refractivity (Wildman–Crippen MR) is 90.6 cm³/mol. The summed E-state index contributed by atoms with van der Waals surface area (Å²) in [5, 5.41) is 6.70. The highest BCUT2D eigenvalue weighted by Crippen LogP contribution is 2.21. The molecule has 0 aliphatic carbocycles. The van der Waals surface area contributed by atoms with Crippen LogP contribution < -0.4 is 0 Å². The molecule has 1 aliphatic rings. The first kappa shape index (κ1) is 16.6. The number of amides is 1. The Hall–Kier alpha value is -2.25. The van der Waals surface area contributed by atoms with Crippen LogP contribution in [0.3, 0.4) is 0 Å². The second-order valence-electron chi connectivity index (χ2n) is 6.06. The molecular weight excluding hydrogens is 306 g/mol. The number of nitrogens with zero attached hydrogens (tertiary/aromatic N) is 4. The molecule has 1 unspecified atom stereocenters. The maximum absolute atomic E-state index is 12.9. The third-order valence-electron chi connectivity index (χ3n) is 4.38. The number of nitrogens with one attached hydrogen (secondary N) is 1. The fourth-order valence-electron chi connectivity index (χ4n) is 3.03. The van der Waals surface area contributed by atoms with Gasteiger partial charge in [0, 0.05) is 38.3 Å². The predicted octanol–water partition coefficient (Wildman–Crippen LogP) is 1.26. The Morgan fingerprint density at radius 2 is 2.12 bits per heavy atom. The van der Waals surface area contributed by atoms with Gasteiger partial charge in [0.2, 0.25) is 0 Å². The number of aromatic amines is 1. The highest BCUT2D eigenvalue weighted by Gasteiger charge is 2.22. The third kappa shape index (κ3) is 3.63. The number of ether oxygens (including phenoxy) is 1. The maximum Gasteiger partial charge on any atom is 0.254 e. The summed E-state index contributed by atoms with van der Waals surface area (Å²) in [7, 11) is 1.84. The molecule has 2 heterocycles. The number of likely N-dealkylation sites (N-methyl/N-ethyl adjacent to an activating group) is 1. The van der Waals surface area contributed by atoms with Crippen molar-refractivity contribution in [3.05, 3.63) is 36.2 Å². The Balaban J connectivity index is 1.72. The van der Waals surface area contributed by atoms with Crippen molar-refractivity contribution < 1.29 is 9.53 Å². The van der Waals surface area contributed by atoms with Gasteiger partial charge in [-0.15, -0.1) is 0 Å². The van der Waals surface area contributed by atoms with Gasteiger partial charge in [-0.3, -0.25) is 14.8 Å². The molecule has 7 heteroatoms. The standard InChI is InChI=1S/C17H23N5O2/c1-13(22-7-9-24-10-8-22)11-21(2)17(23)15-6-4-3-5-14(15)16-18-12-19-20-16/h3-6,12-13H,7-11H2,1-2H3,(H,18,19,20). The van der Waals surface area contributed by atoms with Gasteiger partial charge in [0.05, 0.1) is 18.8 Å². The van der Waals surface area contributed by atoms with Crippen LogP contribution in [0.5, 0.6) is 0 Å². The average Bonchev–Trinajstić information content (AvgIpc) is 3.16. The molecule has 1 amide bonds. The second kappa shape index (κ2) is 7.55. The Morgan fingerprint density at radius 1 is 1.38 bits per heavy atom. The number of H-pyrrole nitrogens is 1. The topological polar surface area (TPSA) is 74.4 Å². The van der Waals surface area contributed by atoms with E-state index in [2.05, 4.69) is 27.0 Å². The van der Waals surface area contributed by atoms with E-state index in [9.17, 15) is 4.79 Å². The monoisotopic (exact) mass is 329 g/mol. The zero-order valence-corrected chi connectivity index (χ0v) is 14.1. The molecule has 1 fully saturated rings. The van der Waals surface area contributed by atoms with Crippen molar-refractivity contribution in [1.82, 2.24) is 25.0 Å². The summed E-state index contributed by atoms with van der Waals surface area (Å²) in [6.45, 7) is 6.17. The SMILES string of the molecule is CC(CN(C)C(=O)c1ccccc1-c1ncn[nH]1)N1CCOCC1. The molecule has 7 nitrogen and oxygen atoms in total. The maximum atomic E-state index is 12.9. The van der Waals surface area contributed by atoms with E-state index in [4.69, 9.17) is 4.74 Å². The van der Waals surface area contributed by atoms with Crippen molar-refractivity contribution in [2.24, 2.45) is 0 Å². The van der Waals surface area contributed by atoms with E-state index >= 15 is 0 Å². The Labute approximate surface area is 141 Å². The molecule has 0 spiro atoms. The Morgan fingerprint density at radius 3 is 2.83 bits per heavy atom. The van der Waals surface area contributed by atoms with E-state index in [1.165, 1.54) is 6.33 Å². The summed E-state index contributed by atoms with van der Waals surface area (Å²) in [6.07, 6.45) is 1.45. The summed E-state index contributed by atoms with van der Waals surface area (Å²) < 4.78 is 5.39. The summed E-state index contributed by atoms with van der Waals surface area (Å²) >= 11 is 0. The minimum absolute atomic E-state index is 0.0119. The molecule has 3 rings (SSSR count). The van der Waals surface area contributed by atoms with Crippen LogP contribution in [0.4, 0.5) is 0 Å². The van der Waals surface area contributed by atoms with Crippen LogP contribution in [0.2, 0.25) is 0 Å². The molecule has 1 atom stereocenters. The van der Waals surface area contributed by atoms with Gasteiger partial charge < -0.3 is 9.64 Å². The van der Waals surface area contributed by atoms with Gasteiger partial charge in [0.15, 0.2) is 5.82 Å². The lowest BCUT2D eigenvalue weighted by atomic mass is 10.1. The molecule has 1 aromatic heterocycles. The van der Waals surface area contributed by atoms with Crippen LogP contribution in [0, 0.1) is 0 Å². The van der Waals surface area contributed by atoms with Crippen LogP contribution in [0.1, 0.15) is 17.3 Å². The number of aromatic nitrogens is 3. The van der Waals surface area contributed by atoms with Crippen LogP contribution >= 0.6 is 0 Å². The first-order valence-electron chi connectivity index (χ1n) is 8.19. The van der Waals surface area contributed by atoms with Crippen molar-refractivity contribution >= 4 is 5.91 Å². The third-order valence-corrected chi connectivity index (χ3v) is 4.38. The number of morpholine rings is 1. The van der Waals surface area contributed by atoms with Crippen LogP contribution in [0.15, 0.2) is 30.6 Å². The number of rotatable bonds is 5. The Kier molecular flexibility index (Phi) is 5.22. The normalized spacial score (nSPS) is 16.8. The van der Waals surface area contributed by atoms with Crippen LogP contribution in [-0.2, 0) is 4.74 Å². The molecule has 2 aromatic rings. The van der Waals surface area contributed by atoms with E-state index in [1.807, 2.05) is 31.3 Å². The number of hydrogen-bond acceptors (Lipinski definition) is 5. The van der Waals surface area contributed by atoms with Crippen molar-refractivity contribution in [3.63, 3.8) is 0 Å². The molecule has 1 saturated heterocycles. The first-order chi connectivity index (χ1) is 11.7. The summed E-state index contributed by atoms with van der Waals surface area (Å²) in [5.74, 6) is 0.593. The molecule has 0 radical (unpaired) electrons. The summed E-state index contributed by atoms with van der Waals surface area (Å²) in [4.78, 5) is 21.2. The van der Waals surface area contributed by atoms with E-state index in [-0.39, 0.29) is 5.91 Å². The largest absolute Gasteiger partial charge is 0.379 e. The minimum atomic E-state index is -0.0119. The van der Waals surface area contributed by atoms with E-state index in [1.54, 1.807) is 4.90 Å². The van der Waals surface area contributed by atoms with Gasteiger partial charge in [-0.2, -0.15) is 5.10 Å². The van der Waals surface area contributed by atoms with E-state index < -0.39 is 0 Å². The molecule has 24 heavy (non-hydrogen) atoms. The molecule has 128 valence electrons. The first-order valence-corrected chi connectivity index (χ1v) is 8.19. The molecule has 1 N–H and O–H groups in total. The van der Waals surface area contributed by atoms with Crippen molar-refractivity contribution in [3.8, 4) is 11.4 Å². The van der Waals surface area contributed by atoms with Crippen molar-refractivity contribution in [2.75, 3.05) is 39.9 Å². The van der Waals surface area contributed by atoms with Gasteiger partial charge in [-0.1, -0.05) is 18.2 Å². The molecule has 1 aromatic carbocycles. The zero-order chi connectivity index (χ0) is 16.9. The van der Waals surface area contributed by atoms with Crippen molar-refractivity contribution in [2.45, 2.75) is 13.0 Å². The lowest BCUT2D eigenvalue weighted by molar-refractivity contribution is 0.0142. The summed E-state index contributed by atoms with van der Waals surface area (Å²) in [5.41, 5.74) is 1.40. The van der Waals surface area contributed by atoms with E-state index in [0.717, 1.165) is 31.9 Å². The van der Waals surface area contributed by atoms with Gasteiger partial charge >= 0.3 is 0 Å². The van der Waals surface area contributed by atoms with E-state index in [0.29, 0.717) is 24.0 Å². The van der Waals surface area contributed by atoms with Gasteiger partial charge in [0.25, 0.3) is 5.91 Å². The van der Waals surface area contributed by atoms with Gasteiger partial charge in [-0.25, -0.2) is 4.98 Å². The molecule has 0 bridgehead atoms. The number of benzene rings is 1. The quantitative estimate of drug-likeness (QED) is 0.894. The highest BCUT2D eigenvalue weighted by molar-refractivity contribution is 6.00. The fraction of sp³-hybridized carbons (Fsp3) is 0.471. The fourth-order valence-corrected chi connectivity index (χ4v) is 3.03. The second-order valence-corrected chi connectivity index (χ2v) is 6.06. The molecule has 1 aliphatic heterocycles. The van der Waals surface area contributed by atoms with Crippen LogP contribution in [0.25, 0.3) is 11.4 Å². The smallest absolute Gasteiger partial charge is 0.254 e. The summed E-state index contributed by atoms with van der Waals surface area (Å²) in [6, 6.07) is 7.76. The van der Waals surface area contributed by atoms with Gasteiger partial charge in [0.1, 0.15) is 6.33 Å². The average molecular weight is 329 g/mol. The molecular formula is C17H23N5O2. The lowest BCUT2D eigenvalue weighted by Gasteiger charge is -2.34. The van der Waals surface area contributed by atoms with Crippen LogP contribution in [-0.4, -0.2) is 76.8 Å². The number of carbonyl (C=O) groups excluding carboxylic acids is 1. The zero-order valence-electron chi connectivity index (χ0n) is 14.1. The number of carbonyl (C=O) groups is 1. The lowest BCUT2D eigenvalue weighted by Crippen LogP contribution is -2.47. The Bertz CT molecular complexity index is 667. The molecule has 0 saturated carbocycles. The van der Waals surface area contributed by atoms with Crippen molar-refractivity contribution in [1.29, 1.82) is 0 Å². The minimum Gasteiger partial charge on any atom is -0.379 e. The van der Waals surface area contributed by atoms with Gasteiger partial charge in [-0.05, 0) is 13.0 Å². The highest BCUT2D eigenvalue weighted by atomic mass is 16.5.